The Bertz CT molecular complexity index is 930. The summed E-state index contributed by atoms with van der Waals surface area (Å²) in [6.45, 7) is 0.285. The summed E-state index contributed by atoms with van der Waals surface area (Å²) in [6.07, 6.45) is 5.49. The number of hydrogen-bond acceptors (Lipinski definition) is 5. The largest absolute Gasteiger partial charge is 0.482 e. The van der Waals surface area contributed by atoms with E-state index >= 15 is 0 Å². The zero-order valence-corrected chi connectivity index (χ0v) is 17.5. The van der Waals surface area contributed by atoms with E-state index in [9.17, 15) is 18.0 Å². The van der Waals surface area contributed by atoms with Crippen molar-refractivity contribution in [3.05, 3.63) is 17.2 Å². The Morgan fingerprint density at radius 1 is 1.21 bits per heavy atom. The van der Waals surface area contributed by atoms with Crippen molar-refractivity contribution >= 4 is 39.1 Å². The molecule has 2 heterocycles. The molecule has 3 aliphatic rings. The van der Waals surface area contributed by atoms with Crippen LogP contribution in [0.3, 0.4) is 0 Å². The third-order valence-electron chi connectivity index (χ3n) is 5.74. The highest BCUT2D eigenvalue weighted by Crippen LogP contribution is 2.37. The fourth-order valence-corrected chi connectivity index (χ4v) is 6.22. The summed E-state index contributed by atoms with van der Waals surface area (Å²) in [5.41, 5.74) is 0.345. The number of benzene rings is 1. The van der Waals surface area contributed by atoms with Gasteiger partial charge in [0.15, 0.2) is 6.61 Å². The van der Waals surface area contributed by atoms with Crippen LogP contribution in [0.4, 0.5) is 5.69 Å². The van der Waals surface area contributed by atoms with Gasteiger partial charge < -0.3 is 15.4 Å². The van der Waals surface area contributed by atoms with E-state index in [0.717, 1.165) is 25.7 Å². The summed E-state index contributed by atoms with van der Waals surface area (Å²) < 4.78 is 33.1. The van der Waals surface area contributed by atoms with E-state index in [4.69, 9.17) is 16.3 Å². The molecule has 4 rings (SSSR count). The highest BCUT2D eigenvalue weighted by atomic mass is 35.5. The molecule has 158 valence electrons. The molecule has 0 spiro atoms. The average Bonchev–Trinajstić information content (AvgIpc) is 3.20. The van der Waals surface area contributed by atoms with Gasteiger partial charge in [-0.25, -0.2) is 8.42 Å². The molecule has 0 aromatic heterocycles. The van der Waals surface area contributed by atoms with Crippen LogP contribution in [0.2, 0.25) is 5.02 Å². The Kier molecular flexibility index (Phi) is 5.72. The summed E-state index contributed by atoms with van der Waals surface area (Å²) in [5.74, 6) is -0.498. The van der Waals surface area contributed by atoms with E-state index in [1.54, 1.807) is 0 Å². The van der Waals surface area contributed by atoms with Gasteiger partial charge in [-0.2, -0.15) is 4.31 Å². The number of ether oxygens (including phenoxy) is 1. The molecule has 2 amide bonds. The molecule has 2 aliphatic heterocycles. The first kappa shape index (κ1) is 20.4. The molecule has 10 heteroatoms. The zero-order chi connectivity index (χ0) is 20.6. The maximum Gasteiger partial charge on any atom is 0.262 e. The Balaban J connectivity index is 1.52. The lowest BCUT2D eigenvalue weighted by molar-refractivity contribution is -0.126. The van der Waals surface area contributed by atoms with Crippen molar-refractivity contribution in [2.45, 2.75) is 49.5 Å². The fraction of sp³-hybridized carbons (Fsp3) is 0.579. The quantitative estimate of drug-likeness (QED) is 0.744. The smallest absolute Gasteiger partial charge is 0.262 e. The number of carbonyl (C=O) groups is 2. The first-order chi connectivity index (χ1) is 13.8. The molecule has 1 aromatic carbocycles. The number of nitrogens with zero attached hydrogens (tertiary/aromatic N) is 1. The molecule has 1 aromatic rings. The van der Waals surface area contributed by atoms with E-state index in [0.29, 0.717) is 25.1 Å². The first-order valence-corrected chi connectivity index (χ1v) is 11.7. The normalized spacial score (nSPS) is 23.2. The SMILES string of the molecule is O=C1COc2cc(S(=O)(=O)N3CCC[C@H](C(=O)NC4CCCC4)C3)c(Cl)cc2N1. The van der Waals surface area contributed by atoms with Gasteiger partial charge in [-0.15, -0.1) is 0 Å². The average molecular weight is 442 g/mol. The summed E-state index contributed by atoms with van der Waals surface area (Å²) in [4.78, 5) is 24.0. The van der Waals surface area contributed by atoms with Crippen LogP contribution < -0.4 is 15.4 Å². The number of fused-ring (bicyclic) bond motifs is 1. The maximum atomic E-state index is 13.2. The highest BCUT2D eigenvalue weighted by molar-refractivity contribution is 7.89. The molecule has 0 radical (unpaired) electrons. The van der Waals surface area contributed by atoms with Gasteiger partial charge in [0.1, 0.15) is 10.6 Å². The summed E-state index contributed by atoms with van der Waals surface area (Å²) in [6, 6.07) is 2.93. The van der Waals surface area contributed by atoms with Crippen LogP contribution in [0.25, 0.3) is 0 Å². The molecule has 1 atom stereocenters. The standard InChI is InChI=1S/C19H24ClN3O5S/c20-14-8-15-16(28-11-18(24)22-15)9-17(14)29(26,27)23-7-3-4-12(10-23)19(25)21-13-5-1-2-6-13/h8-9,12-13H,1-7,10-11H2,(H,21,25)(H,22,24)/t12-/m0/s1. The molecule has 0 bridgehead atoms. The van der Waals surface area contributed by atoms with E-state index in [2.05, 4.69) is 10.6 Å². The van der Waals surface area contributed by atoms with Crippen LogP contribution in [0.15, 0.2) is 17.0 Å². The van der Waals surface area contributed by atoms with Gasteiger partial charge in [-0.1, -0.05) is 24.4 Å². The lowest BCUT2D eigenvalue weighted by Gasteiger charge is -2.32. The lowest BCUT2D eigenvalue weighted by atomic mass is 9.98. The number of rotatable bonds is 4. The molecule has 8 nitrogen and oxygen atoms in total. The van der Waals surface area contributed by atoms with Gasteiger partial charge in [-0.3, -0.25) is 9.59 Å². The van der Waals surface area contributed by atoms with Crippen molar-refractivity contribution in [1.82, 2.24) is 9.62 Å². The number of halogens is 1. The molecule has 2 fully saturated rings. The summed E-state index contributed by atoms with van der Waals surface area (Å²) >= 11 is 6.23. The van der Waals surface area contributed by atoms with Crippen molar-refractivity contribution < 1.29 is 22.7 Å². The van der Waals surface area contributed by atoms with Crippen molar-refractivity contribution in [1.29, 1.82) is 0 Å². The predicted octanol–water partition coefficient (Wildman–Crippen LogP) is 2.13. The third kappa shape index (κ3) is 4.22. The van der Waals surface area contributed by atoms with Crippen LogP contribution in [-0.2, 0) is 19.6 Å². The van der Waals surface area contributed by atoms with Crippen LogP contribution in [0.1, 0.15) is 38.5 Å². The van der Waals surface area contributed by atoms with Gasteiger partial charge >= 0.3 is 0 Å². The topological polar surface area (TPSA) is 105 Å². The zero-order valence-electron chi connectivity index (χ0n) is 15.9. The van der Waals surface area contributed by atoms with Gasteiger partial charge in [0.05, 0.1) is 16.6 Å². The summed E-state index contributed by atoms with van der Waals surface area (Å²) in [5, 5.41) is 5.68. The second kappa shape index (κ2) is 8.12. The number of carbonyl (C=O) groups excluding carboxylic acids is 2. The Morgan fingerprint density at radius 3 is 2.72 bits per heavy atom. The van der Waals surface area contributed by atoms with Crippen LogP contribution in [-0.4, -0.2) is 50.3 Å². The number of anilines is 1. The van der Waals surface area contributed by atoms with Crippen molar-refractivity contribution in [2.75, 3.05) is 25.0 Å². The van der Waals surface area contributed by atoms with Gasteiger partial charge in [0.2, 0.25) is 15.9 Å². The molecule has 29 heavy (non-hydrogen) atoms. The number of sulfonamides is 1. The Labute approximate surface area is 175 Å². The predicted molar refractivity (Wildman–Crippen MR) is 107 cm³/mol. The Morgan fingerprint density at radius 2 is 1.97 bits per heavy atom. The Hall–Kier alpha value is -1.84. The monoisotopic (exact) mass is 441 g/mol. The molecular formula is C19H24ClN3O5S. The molecule has 0 unspecified atom stereocenters. The maximum absolute atomic E-state index is 13.2. The number of piperidine rings is 1. The second-order valence-corrected chi connectivity index (χ2v) is 10.1. The molecule has 2 N–H and O–H groups in total. The van der Waals surface area contributed by atoms with E-state index in [1.807, 2.05) is 0 Å². The van der Waals surface area contributed by atoms with Gasteiger partial charge in [0.25, 0.3) is 5.91 Å². The lowest BCUT2D eigenvalue weighted by Crippen LogP contribution is -2.47. The van der Waals surface area contributed by atoms with E-state index in [1.165, 1.54) is 16.4 Å². The van der Waals surface area contributed by atoms with Crippen molar-refractivity contribution in [3.63, 3.8) is 0 Å². The van der Waals surface area contributed by atoms with E-state index in [-0.39, 0.29) is 52.6 Å². The van der Waals surface area contributed by atoms with Gasteiger partial charge in [-0.05, 0) is 31.7 Å². The van der Waals surface area contributed by atoms with Gasteiger partial charge in [0, 0.05) is 25.2 Å². The minimum Gasteiger partial charge on any atom is -0.482 e. The molecular weight excluding hydrogens is 418 g/mol. The number of hydrogen-bond donors (Lipinski definition) is 2. The third-order valence-corrected chi connectivity index (χ3v) is 8.07. The van der Waals surface area contributed by atoms with Crippen LogP contribution in [0, 0.1) is 5.92 Å². The van der Waals surface area contributed by atoms with Crippen molar-refractivity contribution in [3.8, 4) is 5.75 Å². The first-order valence-electron chi connectivity index (χ1n) is 9.91. The van der Waals surface area contributed by atoms with E-state index < -0.39 is 10.0 Å². The number of nitrogens with one attached hydrogen (secondary N) is 2. The van der Waals surface area contributed by atoms with Crippen LogP contribution >= 0.6 is 11.6 Å². The fourth-order valence-electron chi connectivity index (χ4n) is 4.18. The van der Waals surface area contributed by atoms with Crippen molar-refractivity contribution in [2.24, 2.45) is 5.92 Å². The highest BCUT2D eigenvalue weighted by Gasteiger charge is 2.36. The number of amides is 2. The molecule has 1 aliphatic carbocycles. The molecule has 1 saturated heterocycles. The minimum absolute atomic E-state index is 0.00656. The molecule has 1 saturated carbocycles. The summed E-state index contributed by atoms with van der Waals surface area (Å²) in [7, 11) is -3.90. The minimum atomic E-state index is -3.90. The van der Waals surface area contributed by atoms with Crippen LogP contribution in [0.5, 0.6) is 5.75 Å². The second-order valence-electron chi connectivity index (χ2n) is 7.81.